The molecule has 0 aliphatic carbocycles. The Balaban J connectivity index is 2.23. The van der Waals surface area contributed by atoms with E-state index in [0.29, 0.717) is 12.2 Å². The maximum atomic E-state index is 12.0. The van der Waals surface area contributed by atoms with E-state index in [-0.39, 0.29) is 21.4 Å². The van der Waals surface area contributed by atoms with Crippen molar-refractivity contribution in [2.75, 3.05) is 11.1 Å². The van der Waals surface area contributed by atoms with Crippen LogP contribution >= 0.6 is 11.6 Å². The molecular formula is C15H16ClNO3S. The highest BCUT2D eigenvalue weighted by atomic mass is 35.5. The summed E-state index contributed by atoms with van der Waals surface area (Å²) in [5.41, 5.74) is 1.41. The van der Waals surface area contributed by atoms with Crippen LogP contribution in [-0.2, 0) is 16.4 Å². The van der Waals surface area contributed by atoms with Crippen LogP contribution in [0.25, 0.3) is 0 Å². The second kappa shape index (κ2) is 6.37. The zero-order valence-electron chi connectivity index (χ0n) is 11.5. The lowest BCUT2D eigenvalue weighted by Crippen LogP contribution is -2.09. The van der Waals surface area contributed by atoms with E-state index in [1.54, 1.807) is 43.3 Å². The zero-order chi connectivity index (χ0) is 15.5. The van der Waals surface area contributed by atoms with Crippen molar-refractivity contribution in [2.24, 2.45) is 0 Å². The van der Waals surface area contributed by atoms with Gasteiger partial charge in [-0.25, -0.2) is 8.42 Å². The summed E-state index contributed by atoms with van der Waals surface area (Å²) < 4.78 is 24.1. The number of aromatic hydroxyl groups is 1. The number of rotatable bonds is 5. The summed E-state index contributed by atoms with van der Waals surface area (Å²) in [6.07, 6.45) is 0. The van der Waals surface area contributed by atoms with E-state index in [1.165, 1.54) is 6.07 Å². The summed E-state index contributed by atoms with van der Waals surface area (Å²) >= 11 is 5.85. The third-order valence-electron chi connectivity index (χ3n) is 3.10. The minimum absolute atomic E-state index is 0.0226. The molecule has 0 saturated carbocycles. The summed E-state index contributed by atoms with van der Waals surface area (Å²) in [5.74, 6) is 0.0749. The third-order valence-corrected chi connectivity index (χ3v) is 5.19. The Morgan fingerprint density at radius 2 is 1.90 bits per heavy atom. The SMILES string of the molecule is CCS(=O)(=O)c1ccccc1NCc1ccc(O)c(Cl)c1. The van der Waals surface area contributed by atoms with Crippen LogP contribution in [0.4, 0.5) is 5.69 Å². The van der Waals surface area contributed by atoms with Gasteiger partial charge in [0.25, 0.3) is 0 Å². The van der Waals surface area contributed by atoms with Crippen molar-refractivity contribution in [1.29, 1.82) is 0 Å². The molecule has 4 nitrogen and oxygen atoms in total. The predicted molar refractivity (Wildman–Crippen MR) is 84.6 cm³/mol. The predicted octanol–water partition coefficient (Wildman–Crippen LogP) is 3.45. The normalized spacial score (nSPS) is 11.3. The smallest absolute Gasteiger partial charge is 0.180 e. The van der Waals surface area contributed by atoms with Gasteiger partial charge in [0.2, 0.25) is 0 Å². The molecule has 0 saturated heterocycles. The molecule has 0 spiro atoms. The fourth-order valence-corrected chi connectivity index (χ4v) is 3.17. The number of phenolic OH excluding ortho intramolecular Hbond substituents is 1. The van der Waals surface area contributed by atoms with Crippen molar-refractivity contribution in [3.8, 4) is 5.75 Å². The van der Waals surface area contributed by atoms with Crippen LogP contribution in [-0.4, -0.2) is 19.3 Å². The van der Waals surface area contributed by atoms with Gasteiger partial charge in [-0.3, -0.25) is 0 Å². The van der Waals surface area contributed by atoms with Gasteiger partial charge in [-0.2, -0.15) is 0 Å². The highest BCUT2D eigenvalue weighted by Gasteiger charge is 2.15. The highest BCUT2D eigenvalue weighted by Crippen LogP contribution is 2.26. The summed E-state index contributed by atoms with van der Waals surface area (Å²) in [6, 6.07) is 11.7. The molecule has 0 fully saturated rings. The number of benzene rings is 2. The minimum Gasteiger partial charge on any atom is -0.506 e. The molecule has 0 heterocycles. The second-order valence-corrected chi connectivity index (χ2v) is 7.19. The first-order valence-corrected chi connectivity index (χ1v) is 8.50. The van der Waals surface area contributed by atoms with Crippen LogP contribution in [0, 0.1) is 0 Å². The molecule has 0 aliphatic rings. The van der Waals surface area contributed by atoms with Crippen molar-refractivity contribution in [1.82, 2.24) is 0 Å². The third kappa shape index (κ3) is 3.68. The summed E-state index contributed by atoms with van der Waals surface area (Å²) in [5, 5.41) is 12.7. The van der Waals surface area contributed by atoms with Gasteiger partial charge >= 0.3 is 0 Å². The molecule has 0 radical (unpaired) electrons. The average molecular weight is 326 g/mol. The first-order chi connectivity index (χ1) is 9.94. The summed E-state index contributed by atoms with van der Waals surface area (Å²) in [7, 11) is -3.28. The molecule has 0 unspecified atom stereocenters. The standard InChI is InChI=1S/C15H16ClNO3S/c1-2-21(19,20)15-6-4-3-5-13(15)17-10-11-7-8-14(18)12(16)9-11/h3-9,17-18H,2,10H2,1H3. The van der Waals surface area contributed by atoms with Crippen molar-refractivity contribution < 1.29 is 13.5 Å². The van der Waals surface area contributed by atoms with Crippen molar-refractivity contribution >= 4 is 27.1 Å². The zero-order valence-corrected chi connectivity index (χ0v) is 13.1. The van der Waals surface area contributed by atoms with Crippen molar-refractivity contribution in [3.63, 3.8) is 0 Å². The Kier molecular flexibility index (Phi) is 4.75. The monoisotopic (exact) mass is 325 g/mol. The molecule has 21 heavy (non-hydrogen) atoms. The Morgan fingerprint density at radius 1 is 1.19 bits per heavy atom. The summed E-state index contributed by atoms with van der Waals surface area (Å²) in [6.45, 7) is 2.03. The van der Waals surface area contributed by atoms with E-state index in [1.807, 2.05) is 0 Å². The van der Waals surface area contributed by atoms with Crippen LogP contribution in [0.2, 0.25) is 5.02 Å². The lowest BCUT2D eigenvalue weighted by molar-refractivity contribution is 0.475. The molecule has 2 N–H and O–H groups in total. The minimum atomic E-state index is -3.28. The van der Waals surface area contributed by atoms with E-state index in [2.05, 4.69) is 5.32 Å². The average Bonchev–Trinajstić information content (AvgIpc) is 2.49. The van der Waals surface area contributed by atoms with E-state index < -0.39 is 9.84 Å². The number of nitrogens with one attached hydrogen (secondary N) is 1. The van der Waals surface area contributed by atoms with Crippen LogP contribution in [0.3, 0.4) is 0 Å². The van der Waals surface area contributed by atoms with Crippen molar-refractivity contribution in [3.05, 3.63) is 53.1 Å². The molecule has 0 aromatic heterocycles. The lowest BCUT2D eigenvalue weighted by Gasteiger charge is -2.12. The van der Waals surface area contributed by atoms with Gasteiger partial charge in [0, 0.05) is 6.54 Å². The molecule has 6 heteroatoms. The molecule has 2 rings (SSSR count). The van der Waals surface area contributed by atoms with Gasteiger partial charge in [-0.05, 0) is 29.8 Å². The topological polar surface area (TPSA) is 66.4 Å². The number of para-hydroxylation sites is 1. The molecule has 2 aromatic carbocycles. The van der Waals surface area contributed by atoms with Gasteiger partial charge in [-0.1, -0.05) is 36.7 Å². The quantitative estimate of drug-likeness (QED) is 0.883. The molecule has 0 amide bonds. The summed E-state index contributed by atoms with van der Waals surface area (Å²) in [4.78, 5) is 0.289. The van der Waals surface area contributed by atoms with Gasteiger partial charge in [0.15, 0.2) is 9.84 Å². The van der Waals surface area contributed by atoms with E-state index in [9.17, 15) is 13.5 Å². The van der Waals surface area contributed by atoms with Gasteiger partial charge in [-0.15, -0.1) is 0 Å². The largest absolute Gasteiger partial charge is 0.506 e. The van der Waals surface area contributed by atoms with E-state index in [0.717, 1.165) is 5.56 Å². The van der Waals surface area contributed by atoms with E-state index in [4.69, 9.17) is 11.6 Å². The molecule has 0 atom stereocenters. The van der Waals surface area contributed by atoms with E-state index >= 15 is 0 Å². The van der Waals surface area contributed by atoms with Gasteiger partial charge < -0.3 is 10.4 Å². The van der Waals surface area contributed by atoms with Crippen LogP contribution in [0.5, 0.6) is 5.75 Å². The molecule has 112 valence electrons. The molecule has 0 bridgehead atoms. The van der Waals surface area contributed by atoms with Crippen LogP contribution in [0.15, 0.2) is 47.4 Å². The van der Waals surface area contributed by atoms with Crippen LogP contribution < -0.4 is 5.32 Å². The van der Waals surface area contributed by atoms with Crippen LogP contribution in [0.1, 0.15) is 12.5 Å². The van der Waals surface area contributed by atoms with Crippen molar-refractivity contribution in [2.45, 2.75) is 18.4 Å². The van der Waals surface area contributed by atoms with Gasteiger partial charge in [0.05, 0.1) is 21.4 Å². The second-order valence-electron chi connectivity index (χ2n) is 4.54. The number of hydrogen-bond donors (Lipinski definition) is 2. The maximum absolute atomic E-state index is 12.0. The fraction of sp³-hybridized carbons (Fsp3) is 0.200. The Morgan fingerprint density at radius 3 is 2.57 bits per heavy atom. The number of anilines is 1. The fourth-order valence-electron chi connectivity index (χ4n) is 1.90. The Bertz CT molecular complexity index is 744. The Hall–Kier alpha value is -1.72. The van der Waals surface area contributed by atoms with Gasteiger partial charge in [0.1, 0.15) is 5.75 Å². The maximum Gasteiger partial charge on any atom is 0.180 e. The highest BCUT2D eigenvalue weighted by molar-refractivity contribution is 7.91. The number of phenols is 1. The number of hydrogen-bond acceptors (Lipinski definition) is 4. The molecule has 2 aromatic rings. The number of halogens is 1. The first-order valence-electron chi connectivity index (χ1n) is 6.47. The number of sulfone groups is 1. The lowest BCUT2D eigenvalue weighted by atomic mass is 10.2. The Labute approximate surface area is 129 Å². The first kappa shape index (κ1) is 15.7. The molecular weight excluding hydrogens is 310 g/mol. The molecule has 0 aliphatic heterocycles.